The fourth-order valence-electron chi connectivity index (χ4n) is 2.32. The molecule has 0 amide bonds. The van der Waals surface area contributed by atoms with Gasteiger partial charge in [-0.2, -0.15) is 15.0 Å². The summed E-state index contributed by atoms with van der Waals surface area (Å²) in [5.74, 6) is 7.00. The minimum atomic E-state index is 0.364. The molecule has 0 atom stereocenters. The SMILES string of the molecule is NNc1nc(N2CCCCCC2)nc(-n2ccnc2)n1. The lowest BCUT2D eigenvalue weighted by atomic mass is 10.2. The molecular weight excluding hydrogens is 256 g/mol. The highest BCUT2D eigenvalue weighted by Gasteiger charge is 2.15. The van der Waals surface area contributed by atoms with E-state index in [1.165, 1.54) is 12.8 Å². The Morgan fingerprint density at radius 3 is 2.40 bits per heavy atom. The van der Waals surface area contributed by atoms with Crippen LogP contribution in [0.3, 0.4) is 0 Å². The number of nitrogen functional groups attached to an aromatic ring is 1. The Bertz CT molecular complexity index is 545. The van der Waals surface area contributed by atoms with Crippen molar-refractivity contribution in [3.63, 3.8) is 0 Å². The van der Waals surface area contributed by atoms with Gasteiger partial charge in [0.25, 0.3) is 0 Å². The number of hydrogen-bond donors (Lipinski definition) is 2. The van der Waals surface area contributed by atoms with Crippen LogP contribution in [0.2, 0.25) is 0 Å². The summed E-state index contributed by atoms with van der Waals surface area (Å²) < 4.78 is 1.74. The Kier molecular flexibility index (Phi) is 3.73. The lowest BCUT2D eigenvalue weighted by Crippen LogP contribution is -2.27. The van der Waals surface area contributed by atoms with Gasteiger partial charge in [-0.05, 0) is 12.8 Å². The summed E-state index contributed by atoms with van der Waals surface area (Å²) in [4.78, 5) is 19.3. The van der Waals surface area contributed by atoms with Gasteiger partial charge >= 0.3 is 0 Å². The minimum absolute atomic E-state index is 0.364. The van der Waals surface area contributed by atoms with Crippen molar-refractivity contribution in [3.05, 3.63) is 18.7 Å². The smallest absolute Gasteiger partial charge is 0.243 e. The van der Waals surface area contributed by atoms with Crippen LogP contribution in [-0.4, -0.2) is 37.6 Å². The maximum absolute atomic E-state index is 5.46. The average Bonchev–Trinajstić information content (AvgIpc) is 2.89. The number of anilines is 2. The standard InChI is InChI=1S/C12H18N8/c13-18-10-15-11(19-6-3-1-2-4-7-19)17-12(16-10)20-8-5-14-9-20/h5,8-9H,1-4,6-7,13H2,(H,15,16,17,18). The molecule has 1 fully saturated rings. The number of nitrogens with two attached hydrogens (primary N) is 1. The molecule has 0 aromatic carbocycles. The highest BCUT2D eigenvalue weighted by molar-refractivity contribution is 5.39. The molecule has 20 heavy (non-hydrogen) atoms. The molecule has 3 rings (SSSR count). The quantitative estimate of drug-likeness (QED) is 0.628. The topological polar surface area (TPSA) is 97.8 Å². The Labute approximate surface area is 117 Å². The zero-order chi connectivity index (χ0) is 13.8. The molecule has 1 aliphatic rings. The second kappa shape index (κ2) is 5.83. The summed E-state index contributed by atoms with van der Waals surface area (Å²) in [7, 11) is 0. The maximum Gasteiger partial charge on any atom is 0.243 e. The molecule has 0 unspecified atom stereocenters. The minimum Gasteiger partial charge on any atom is -0.341 e. The second-order valence-electron chi connectivity index (χ2n) is 4.77. The van der Waals surface area contributed by atoms with Crippen LogP contribution in [0.1, 0.15) is 25.7 Å². The Morgan fingerprint density at radius 2 is 1.75 bits per heavy atom. The van der Waals surface area contributed by atoms with Crippen molar-refractivity contribution in [1.29, 1.82) is 0 Å². The third kappa shape index (κ3) is 2.69. The van der Waals surface area contributed by atoms with Crippen molar-refractivity contribution in [2.45, 2.75) is 25.7 Å². The van der Waals surface area contributed by atoms with Crippen molar-refractivity contribution in [3.8, 4) is 5.95 Å². The Hall–Kier alpha value is -2.22. The second-order valence-corrected chi connectivity index (χ2v) is 4.77. The Morgan fingerprint density at radius 1 is 1.00 bits per heavy atom. The van der Waals surface area contributed by atoms with Gasteiger partial charge in [0.1, 0.15) is 6.33 Å². The molecule has 8 nitrogen and oxygen atoms in total. The zero-order valence-electron chi connectivity index (χ0n) is 11.2. The van der Waals surface area contributed by atoms with Gasteiger partial charge in [0.2, 0.25) is 17.8 Å². The fourth-order valence-corrected chi connectivity index (χ4v) is 2.32. The number of rotatable bonds is 3. The highest BCUT2D eigenvalue weighted by atomic mass is 15.4. The molecule has 3 heterocycles. The molecule has 106 valence electrons. The van der Waals surface area contributed by atoms with E-state index in [1.54, 1.807) is 23.3 Å². The average molecular weight is 274 g/mol. The first kappa shape index (κ1) is 12.8. The largest absolute Gasteiger partial charge is 0.341 e. The van der Waals surface area contributed by atoms with Gasteiger partial charge in [0.15, 0.2) is 0 Å². The monoisotopic (exact) mass is 274 g/mol. The fraction of sp³-hybridized carbons (Fsp3) is 0.500. The summed E-state index contributed by atoms with van der Waals surface area (Å²) in [5.41, 5.74) is 2.50. The Balaban J connectivity index is 1.95. The highest BCUT2D eigenvalue weighted by Crippen LogP contribution is 2.17. The normalized spacial score (nSPS) is 15.9. The molecule has 2 aromatic rings. The van der Waals surface area contributed by atoms with E-state index in [1.807, 2.05) is 0 Å². The van der Waals surface area contributed by atoms with Gasteiger partial charge in [0, 0.05) is 25.5 Å². The number of hydrogen-bond acceptors (Lipinski definition) is 7. The molecule has 0 saturated carbocycles. The number of nitrogens with zero attached hydrogens (tertiary/aromatic N) is 6. The van der Waals surface area contributed by atoms with Crippen LogP contribution in [0, 0.1) is 0 Å². The van der Waals surface area contributed by atoms with Crippen LogP contribution >= 0.6 is 0 Å². The van der Waals surface area contributed by atoms with Gasteiger partial charge in [-0.15, -0.1) is 0 Å². The number of aromatic nitrogens is 5. The van der Waals surface area contributed by atoms with Crippen molar-refractivity contribution >= 4 is 11.9 Å². The molecule has 0 bridgehead atoms. The lowest BCUT2D eigenvalue weighted by Gasteiger charge is -2.20. The summed E-state index contributed by atoms with van der Waals surface area (Å²) in [6.45, 7) is 1.94. The van der Waals surface area contributed by atoms with Crippen molar-refractivity contribution in [2.75, 3.05) is 23.4 Å². The first-order valence-electron chi connectivity index (χ1n) is 6.83. The molecule has 1 aliphatic heterocycles. The van der Waals surface area contributed by atoms with Crippen LogP contribution in [-0.2, 0) is 0 Å². The molecule has 2 aromatic heterocycles. The summed E-state index contributed by atoms with van der Waals surface area (Å²) in [5, 5.41) is 0. The number of hydrazine groups is 1. The van der Waals surface area contributed by atoms with Gasteiger partial charge < -0.3 is 4.90 Å². The van der Waals surface area contributed by atoms with Crippen molar-refractivity contribution in [1.82, 2.24) is 24.5 Å². The van der Waals surface area contributed by atoms with E-state index in [0.717, 1.165) is 25.9 Å². The summed E-state index contributed by atoms with van der Waals surface area (Å²) in [6, 6.07) is 0. The predicted molar refractivity (Wildman–Crippen MR) is 75.4 cm³/mol. The molecule has 0 spiro atoms. The van der Waals surface area contributed by atoms with E-state index in [9.17, 15) is 0 Å². The lowest BCUT2D eigenvalue weighted by molar-refractivity contribution is 0.726. The predicted octanol–water partition coefficient (Wildman–Crippen LogP) is 0.723. The van der Waals surface area contributed by atoms with E-state index in [4.69, 9.17) is 5.84 Å². The number of nitrogens with one attached hydrogen (secondary N) is 1. The van der Waals surface area contributed by atoms with E-state index in [0.29, 0.717) is 17.8 Å². The van der Waals surface area contributed by atoms with Crippen LogP contribution in [0.5, 0.6) is 0 Å². The van der Waals surface area contributed by atoms with Gasteiger partial charge in [-0.25, -0.2) is 10.8 Å². The number of imidazole rings is 1. The third-order valence-electron chi connectivity index (χ3n) is 3.37. The van der Waals surface area contributed by atoms with Crippen molar-refractivity contribution in [2.24, 2.45) is 5.84 Å². The van der Waals surface area contributed by atoms with Gasteiger partial charge in [-0.3, -0.25) is 9.99 Å². The molecular formula is C12H18N8. The van der Waals surface area contributed by atoms with Gasteiger partial charge in [-0.1, -0.05) is 12.8 Å². The molecule has 1 saturated heterocycles. The van der Waals surface area contributed by atoms with E-state index in [-0.39, 0.29) is 0 Å². The summed E-state index contributed by atoms with van der Waals surface area (Å²) >= 11 is 0. The summed E-state index contributed by atoms with van der Waals surface area (Å²) in [6.07, 6.45) is 9.99. The van der Waals surface area contributed by atoms with Gasteiger partial charge in [0.05, 0.1) is 0 Å². The first-order valence-corrected chi connectivity index (χ1v) is 6.83. The molecule has 3 N–H and O–H groups in total. The van der Waals surface area contributed by atoms with E-state index < -0.39 is 0 Å². The molecule has 8 heteroatoms. The molecule has 0 radical (unpaired) electrons. The van der Waals surface area contributed by atoms with E-state index in [2.05, 4.69) is 30.3 Å². The van der Waals surface area contributed by atoms with Crippen molar-refractivity contribution < 1.29 is 0 Å². The zero-order valence-corrected chi connectivity index (χ0v) is 11.2. The van der Waals surface area contributed by atoms with Crippen LogP contribution in [0.25, 0.3) is 5.95 Å². The first-order chi connectivity index (χ1) is 9.86. The van der Waals surface area contributed by atoms with Crippen LogP contribution < -0.4 is 16.2 Å². The van der Waals surface area contributed by atoms with Crippen LogP contribution in [0.15, 0.2) is 18.7 Å². The third-order valence-corrected chi connectivity index (χ3v) is 3.37. The van der Waals surface area contributed by atoms with E-state index >= 15 is 0 Å². The maximum atomic E-state index is 5.46. The molecule has 0 aliphatic carbocycles. The van der Waals surface area contributed by atoms with Crippen LogP contribution in [0.4, 0.5) is 11.9 Å².